The molecule has 0 radical (unpaired) electrons. The molecule has 1 atom stereocenters. The molecule has 2 aliphatic heterocycles. The van der Waals surface area contributed by atoms with Crippen LogP contribution in [0.4, 0.5) is 5.69 Å². The summed E-state index contributed by atoms with van der Waals surface area (Å²) in [5.41, 5.74) is 1.21. The molecule has 1 aromatic carbocycles. The number of amides is 4. The van der Waals surface area contributed by atoms with Gasteiger partial charge in [0.15, 0.2) is 0 Å². The highest BCUT2D eigenvalue weighted by atomic mass is 16.2. The first-order valence-electron chi connectivity index (χ1n) is 8.99. The zero-order valence-electron chi connectivity index (χ0n) is 15.3. The van der Waals surface area contributed by atoms with Crippen LogP contribution in [-0.2, 0) is 16.1 Å². The van der Waals surface area contributed by atoms with Crippen molar-refractivity contribution >= 4 is 29.3 Å². The number of piperidine rings is 1. The van der Waals surface area contributed by atoms with E-state index in [1.807, 2.05) is 22.7 Å². The van der Waals surface area contributed by atoms with Crippen LogP contribution in [0.1, 0.15) is 33.6 Å². The average Bonchev–Trinajstić information content (AvgIpc) is 3.28. The van der Waals surface area contributed by atoms with Gasteiger partial charge in [-0.2, -0.15) is 0 Å². The molecule has 9 heteroatoms. The van der Waals surface area contributed by atoms with Gasteiger partial charge in [-0.15, -0.1) is 0 Å². The van der Waals surface area contributed by atoms with Crippen LogP contribution in [-0.4, -0.2) is 57.7 Å². The lowest BCUT2D eigenvalue weighted by atomic mass is 10.0. The van der Waals surface area contributed by atoms with E-state index in [9.17, 15) is 19.2 Å². The van der Waals surface area contributed by atoms with Crippen LogP contribution in [0, 0.1) is 0 Å². The maximum Gasteiger partial charge on any atom is 0.264 e. The van der Waals surface area contributed by atoms with Crippen LogP contribution in [0.25, 0.3) is 0 Å². The van der Waals surface area contributed by atoms with E-state index in [1.54, 1.807) is 30.7 Å². The number of hydrogen-bond acceptors (Lipinski definition) is 6. The molecule has 1 unspecified atom stereocenters. The second-order valence-corrected chi connectivity index (χ2v) is 6.87. The number of nitrogens with one attached hydrogen (secondary N) is 1. The van der Waals surface area contributed by atoms with Crippen molar-refractivity contribution in [3.63, 3.8) is 0 Å². The molecule has 0 spiro atoms. The number of carbonyl (C=O) groups is 4. The molecule has 144 valence electrons. The largest absolute Gasteiger partial charge is 0.372 e. The molecule has 1 saturated heterocycles. The molecule has 1 N–H and O–H groups in total. The van der Waals surface area contributed by atoms with E-state index < -0.39 is 29.7 Å². The quantitative estimate of drug-likeness (QED) is 0.753. The zero-order chi connectivity index (χ0) is 19.8. The summed E-state index contributed by atoms with van der Waals surface area (Å²) in [6, 6.07) is 4.14. The van der Waals surface area contributed by atoms with Crippen LogP contribution < -0.4 is 10.2 Å². The van der Waals surface area contributed by atoms with Crippen LogP contribution in [0.3, 0.4) is 0 Å². The Bertz CT molecular complexity index is 969. The minimum absolute atomic E-state index is 0.0987. The Morgan fingerprint density at radius 2 is 2.04 bits per heavy atom. The van der Waals surface area contributed by atoms with Gasteiger partial charge in [0, 0.05) is 39.0 Å². The summed E-state index contributed by atoms with van der Waals surface area (Å²) in [5, 5.41) is 2.20. The average molecular weight is 381 g/mol. The highest BCUT2D eigenvalue weighted by Gasteiger charge is 2.45. The zero-order valence-corrected chi connectivity index (χ0v) is 15.3. The van der Waals surface area contributed by atoms with E-state index in [4.69, 9.17) is 0 Å². The lowest BCUT2D eigenvalue weighted by Crippen LogP contribution is -2.54. The van der Waals surface area contributed by atoms with Crippen LogP contribution in [0.5, 0.6) is 0 Å². The van der Waals surface area contributed by atoms with Crippen molar-refractivity contribution in [1.29, 1.82) is 0 Å². The Morgan fingerprint density at radius 1 is 1.21 bits per heavy atom. The van der Waals surface area contributed by atoms with Crippen molar-refractivity contribution in [2.75, 3.05) is 18.5 Å². The SMILES string of the molecule is CN(CCn1ccnc1)c1cccc2c1C(=O)N(C1CCC(=O)NC1=O)C2=O. The van der Waals surface area contributed by atoms with Crippen molar-refractivity contribution < 1.29 is 19.2 Å². The molecule has 28 heavy (non-hydrogen) atoms. The predicted octanol–water partition coefficient (Wildman–Crippen LogP) is 0.421. The fourth-order valence-corrected chi connectivity index (χ4v) is 3.62. The molecule has 3 heterocycles. The first kappa shape index (κ1) is 17.9. The summed E-state index contributed by atoms with van der Waals surface area (Å²) in [6.07, 6.45) is 5.50. The van der Waals surface area contributed by atoms with Gasteiger partial charge in [0.25, 0.3) is 11.8 Å². The second kappa shape index (κ2) is 6.91. The van der Waals surface area contributed by atoms with E-state index >= 15 is 0 Å². The predicted molar refractivity (Wildman–Crippen MR) is 98.6 cm³/mol. The molecular weight excluding hydrogens is 362 g/mol. The number of imidazole rings is 1. The molecule has 0 bridgehead atoms. The Kier molecular flexibility index (Phi) is 4.42. The van der Waals surface area contributed by atoms with Gasteiger partial charge in [-0.05, 0) is 18.6 Å². The first-order valence-corrected chi connectivity index (χ1v) is 8.99. The molecule has 1 aromatic heterocycles. The summed E-state index contributed by atoms with van der Waals surface area (Å²) < 4.78 is 1.92. The fourth-order valence-electron chi connectivity index (χ4n) is 3.62. The summed E-state index contributed by atoms with van der Waals surface area (Å²) in [6.45, 7) is 1.27. The van der Waals surface area contributed by atoms with E-state index in [1.165, 1.54) is 0 Å². The maximum absolute atomic E-state index is 13.1. The van der Waals surface area contributed by atoms with E-state index in [0.29, 0.717) is 24.3 Å². The van der Waals surface area contributed by atoms with Crippen LogP contribution >= 0.6 is 0 Å². The Balaban J connectivity index is 1.60. The monoisotopic (exact) mass is 381 g/mol. The molecule has 2 aliphatic rings. The molecule has 2 aromatic rings. The maximum atomic E-state index is 13.1. The number of nitrogens with zero attached hydrogens (tertiary/aromatic N) is 4. The van der Waals surface area contributed by atoms with Crippen LogP contribution in [0.15, 0.2) is 36.9 Å². The lowest BCUT2D eigenvalue weighted by molar-refractivity contribution is -0.136. The molecule has 4 rings (SSSR count). The van der Waals surface area contributed by atoms with Gasteiger partial charge in [0.05, 0.1) is 23.1 Å². The highest BCUT2D eigenvalue weighted by molar-refractivity contribution is 6.25. The van der Waals surface area contributed by atoms with Gasteiger partial charge in [-0.25, -0.2) is 4.98 Å². The molecule has 0 saturated carbocycles. The van der Waals surface area contributed by atoms with Crippen molar-refractivity contribution in [1.82, 2.24) is 19.8 Å². The molecule has 4 amide bonds. The highest BCUT2D eigenvalue weighted by Crippen LogP contribution is 2.33. The summed E-state index contributed by atoms with van der Waals surface area (Å²) in [4.78, 5) is 56.4. The Hall–Kier alpha value is -3.49. The summed E-state index contributed by atoms with van der Waals surface area (Å²) in [7, 11) is 1.85. The number of benzene rings is 1. The lowest BCUT2D eigenvalue weighted by Gasteiger charge is -2.28. The number of fused-ring (bicyclic) bond motifs is 1. The van der Waals surface area contributed by atoms with Gasteiger partial charge in [-0.3, -0.25) is 29.4 Å². The molecule has 0 aliphatic carbocycles. The van der Waals surface area contributed by atoms with E-state index in [-0.39, 0.29) is 18.4 Å². The molecule has 1 fully saturated rings. The standard InChI is InChI=1S/C19H19N5O4/c1-22(9-10-23-8-7-20-11-23)13-4-2-3-12-16(13)19(28)24(18(12)27)14-5-6-15(25)21-17(14)26/h2-4,7-8,11,14H,5-6,9-10H2,1H3,(H,21,25,26). The fraction of sp³-hybridized carbons (Fsp3) is 0.316. The third-order valence-electron chi connectivity index (χ3n) is 5.11. The number of hydrogen-bond donors (Lipinski definition) is 1. The van der Waals surface area contributed by atoms with Gasteiger partial charge in [0.2, 0.25) is 11.8 Å². The van der Waals surface area contributed by atoms with Crippen molar-refractivity contribution in [3.8, 4) is 0 Å². The second-order valence-electron chi connectivity index (χ2n) is 6.87. The third kappa shape index (κ3) is 2.94. The van der Waals surface area contributed by atoms with Crippen molar-refractivity contribution in [3.05, 3.63) is 48.0 Å². The van der Waals surface area contributed by atoms with Crippen LogP contribution in [0.2, 0.25) is 0 Å². The van der Waals surface area contributed by atoms with E-state index in [0.717, 1.165) is 4.90 Å². The number of likely N-dealkylation sites (N-methyl/N-ethyl adjacent to an activating group) is 1. The van der Waals surface area contributed by atoms with Crippen molar-refractivity contribution in [2.24, 2.45) is 0 Å². The summed E-state index contributed by atoms with van der Waals surface area (Å²) in [5.74, 6) is -2.00. The van der Waals surface area contributed by atoms with Gasteiger partial charge in [0.1, 0.15) is 6.04 Å². The van der Waals surface area contributed by atoms with E-state index in [2.05, 4.69) is 10.3 Å². The molecule has 9 nitrogen and oxygen atoms in total. The first-order chi connectivity index (χ1) is 13.5. The number of anilines is 1. The smallest absolute Gasteiger partial charge is 0.264 e. The summed E-state index contributed by atoms with van der Waals surface area (Å²) >= 11 is 0. The van der Waals surface area contributed by atoms with Gasteiger partial charge in [-0.1, -0.05) is 6.07 Å². The normalized spacial score (nSPS) is 19.0. The van der Waals surface area contributed by atoms with Gasteiger partial charge >= 0.3 is 0 Å². The minimum atomic E-state index is -0.964. The number of carbonyl (C=O) groups excluding carboxylic acids is 4. The Labute approximate surface area is 160 Å². The number of aromatic nitrogens is 2. The Morgan fingerprint density at radius 3 is 2.75 bits per heavy atom. The van der Waals surface area contributed by atoms with Gasteiger partial charge < -0.3 is 9.47 Å². The number of rotatable bonds is 5. The minimum Gasteiger partial charge on any atom is -0.372 e. The third-order valence-corrected chi connectivity index (χ3v) is 5.11. The number of imide groups is 2. The topological polar surface area (TPSA) is 105 Å². The molecular formula is C19H19N5O4. The van der Waals surface area contributed by atoms with Crippen molar-refractivity contribution in [2.45, 2.75) is 25.4 Å².